The molecule has 114 valence electrons. The van der Waals surface area contributed by atoms with Gasteiger partial charge in [0, 0.05) is 6.54 Å². The first-order chi connectivity index (χ1) is 9.20. The molecule has 0 aliphatic carbocycles. The molecule has 2 N–H and O–H groups in total. The second-order valence-corrected chi connectivity index (χ2v) is 7.25. The molecule has 0 saturated heterocycles. The summed E-state index contributed by atoms with van der Waals surface area (Å²) in [4.78, 5) is 10.9. The van der Waals surface area contributed by atoms with Crippen molar-refractivity contribution in [1.29, 1.82) is 0 Å². The summed E-state index contributed by atoms with van der Waals surface area (Å²) in [5, 5.41) is 9.13. The molecule has 0 aliphatic heterocycles. The summed E-state index contributed by atoms with van der Waals surface area (Å²) < 4.78 is 32.1. The number of hydrogen-bond acceptors (Lipinski definition) is 5. The van der Waals surface area contributed by atoms with Gasteiger partial charge in [-0.05, 0) is 31.8 Å². The lowest BCUT2D eigenvalue weighted by Crippen LogP contribution is -2.30. The minimum absolute atomic E-state index is 0.0879. The van der Waals surface area contributed by atoms with E-state index in [9.17, 15) is 13.2 Å². The quantitative estimate of drug-likeness (QED) is 0.796. The van der Waals surface area contributed by atoms with Crippen molar-refractivity contribution in [2.75, 3.05) is 18.6 Å². The summed E-state index contributed by atoms with van der Waals surface area (Å²) in [6.45, 7) is 5.06. The molecule has 0 amide bonds. The van der Waals surface area contributed by atoms with Crippen molar-refractivity contribution in [3.8, 4) is 0 Å². The van der Waals surface area contributed by atoms with Crippen LogP contribution >= 0.6 is 11.8 Å². The van der Waals surface area contributed by atoms with Crippen molar-refractivity contribution in [2.24, 2.45) is 5.92 Å². The topological polar surface area (TPSA) is 96.6 Å². The lowest BCUT2D eigenvalue weighted by Gasteiger charge is -2.11. The van der Waals surface area contributed by atoms with Crippen LogP contribution in [0.4, 0.5) is 0 Å². The van der Waals surface area contributed by atoms with Crippen LogP contribution in [0.15, 0.2) is 9.31 Å². The lowest BCUT2D eigenvalue weighted by molar-refractivity contribution is 0.0691. The Morgan fingerprint density at radius 3 is 2.50 bits per heavy atom. The van der Waals surface area contributed by atoms with E-state index in [0.717, 1.165) is 5.75 Å². The number of carboxylic acid groups (broad SMARTS) is 1. The molecule has 1 rings (SSSR count). The van der Waals surface area contributed by atoms with E-state index in [1.54, 1.807) is 11.8 Å². The van der Waals surface area contributed by atoms with Crippen LogP contribution < -0.4 is 4.72 Å². The Hall–Kier alpha value is -0.990. The highest BCUT2D eigenvalue weighted by Gasteiger charge is 2.30. The van der Waals surface area contributed by atoms with Crippen LogP contribution in [-0.2, 0) is 10.0 Å². The molecule has 6 nitrogen and oxygen atoms in total. The first-order valence-electron chi connectivity index (χ1n) is 6.02. The molecular formula is C12H19NO5S2. The van der Waals surface area contributed by atoms with Crippen molar-refractivity contribution >= 4 is 27.8 Å². The van der Waals surface area contributed by atoms with Gasteiger partial charge in [0.25, 0.3) is 0 Å². The molecule has 1 aromatic rings. The zero-order chi connectivity index (χ0) is 15.5. The maximum atomic E-state index is 12.3. The van der Waals surface area contributed by atoms with Gasteiger partial charge in [-0.3, -0.25) is 0 Å². The van der Waals surface area contributed by atoms with Crippen LogP contribution in [0.3, 0.4) is 0 Å². The van der Waals surface area contributed by atoms with Gasteiger partial charge in [-0.25, -0.2) is 17.9 Å². The molecule has 1 atom stereocenters. The first kappa shape index (κ1) is 17.1. The minimum atomic E-state index is -3.89. The Morgan fingerprint density at radius 1 is 1.40 bits per heavy atom. The summed E-state index contributed by atoms with van der Waals surface area (Å²) in [7, 11) is -3.89. The molecule has 1 heterocycles. The van der Waals surface area contributed by atoms with Crippen LogP contribution in [0, 0.1) is 19.8 Å². The molecule has 0 spiro atoms. The summed E-state index contributed by atoms with van der Waals surface area (Å²) >= 11 is 1.62. The number of furan rings is 1. The zero-order valence-electron chi connectivity index (χ0n) is 11.9. The first-order valence-corrected chi connectivity index (χ1v) is 8.90. The molecule has 1 unspecified atom stereocenters. The number of carboxylic acids is 1. The van der Waals surface area contributed by atoms with Gasteiger partial charge >= 0.3 is 5.97 Å². The van der Waals surface area contributed by atoms with Gasteiger partial charge in [-0.2, -0.15) is 11.8 Å². The Morgan fingerprint density at radius 2 is 2.00 bits per heavy atom. The van der Waals surface area contributed by atoms with Crippen molar-refractivity contribution in [3.05, 3.63) is 17.1 Å². The van der Waals surface area contributed by atoms with E-state index in [1.807, 2.05) is 13.2 Å². The van der Waals surface area contributed by atoms with Gasteiger partial charge in [0.1, 0.15) is 22.0 Å². The largest absolute Gasteiger partial charge is 0.478 e. The Balaban J connectivity index is 3.07. The van der Waals surface area contributed by atoms with Crippen molar-refractivity contribution in [1.82, 2.24) is 4.72 Å². The van der Waals surface area contributed by atoms with Crippen molar-refractivity contribution in [3.63, 3.8) is 0 Å². The SMILES string of the molecule is CSCC(C)CNS(=O)(=O)c1c(C)oc(C)c1C(=O)O. The standard InChI is InChI=1S/C12H19NO5S2/c1-7(6-19-4)5-13-20(16,17)11-9(3)18-8(2)10(11)12(14)15/h7,13H,5-6H2,1-4H3,(H,14,15). The number of thioether (sulfide) groups is 1. The predicted octanol–water partition coefficient (Wildman–Crippen LogP) is 1.87. The molecule has 0 fully saturated rings. The number of carbonyl (C=O) groups is 1. The van der Waals surface area contributed by atoms with Crippen LogP contribution in [0.5, 0.6) is 0 Å². The highest BCUT2D eigenvalue weighted by Crippen LogP contribution is 2.26. The maximum Gasteiger partial charge on any atom is 0.340 e. The fraction of sp³-hybridized carbons (Fsp3) is 0.583. The molecule has 0 saturated carbocycles. The van der Waals surface area contributed by atoms with Crippen molar-refractivity contribution < 1.29 is 22.7 Å². The van der Waals surface area contributed by atoms with E-state index < -0.39 is 16.0 Å². The summed E-state index contributed by atoms with van der Waals surface area (Å²) in [6, 6.07) is 0. The van der Waals surface area contributed by atoms with Gasteiger partial charge < -0.3 is 9.52 Å². The average molecular weight is 321 g/mol. The molecule has 0 aliphatic rings. The highest BCUT2D eigenvalue weighted by molar-refractivity contribution is 7.98. The molecule has 0 bridgehead atoms. The molecule has 20 heavy (non-hydrogen) atoms. The summed E-state index contributed by atoms with van der Waals surface area (Å²) in [6.07, 6.45) is 1.94. The number of hydrogen-bond donors (Lipinski definition) is 2. The lowest BCUT2D eigenvalue weighted by atomic mass is 10.2. The third-order valence-electron chi connectivity index (χ3n) is 2.76. The van der Waals surface area contributed by atoms with Crippen LogP contribution in [-0.4, -0.2) is 38.0 Å². The van der Waals surface area contributed by atoms with Gasteiger partial charge in [-0.15, -0.1) is 0 Å². The summed E-state index contributed by atoms with van der Waals surface area (Å²) in [5.41, 5.74) is -0.299. The average Bonchev–Trinajstić information content (AvgIpc) is 2.63. The Kier molecular flexibility index (Phi) is 5.67. The van der Waals surface area contributed by atoms with Crippen LogP contribution in [0.25, 0.3) is 0 Å². The number of sulfonamides is 1. The van der Waals surface area contributed by atoms with E-state index in [0.29, 0.717) is 0 Å². The van der Waals surface area contributed by atoms with Gasteiger partial charge in [0.2, 0.25) is 10.0 Å². The Labute approximate surface area is 123 Å². The van der Waals surface area contributed by atoms with Gasteiger partial charge in [-0.1, -0.05) is 6.92 Å². The third-order valence-corrected chi connectivity index (χ3v) is 5.24. The smallest absolute Gasteiger partial charge is 0.340 e. The summed E-state index contributed by atoms with van der Waals surface area (Å²) in [5.74, 6) is -0.159. The molecule has 0 aromatic carbocycles. The molecule has 8 heteroatoms. The third kappa shape index (κ3) is 3.77. The fourth-order valence-electron chi connectivity index (χ4n) is 1.90. The molecule has 0 radical (unpaired) electrons. The predicted molar refractivity (Wildman–Crippen MR) is 77.9 cm³/mol. The van der Waals surface area contributed by atoms with Gasteiger partial charge in [0.05, 0.1) is 0 Å². The van der Waals surface area contributed by atoms with E-state index in [2.05, 4.69) is 4.72 Å². The van der Waals surface area contributed by atoms with Crippen molar-refractivity contribution in [2.45, 2.75) is 25.7 Å². The number of aryl methyl sites for hydroxylation is 2. The fourth-order valence-corrected chi connectivity index (χ4v) is 4.16. The highest BCUT2D eigenvalue weighted by atomic mass is 32.2. The van der Waals surface area contributed by atoms with E-state index >= 15 is 0 Å². The molecule has 1 aromatic heterocycles. The second-order valence-electron chi connectivity index (χ2n) is 4.64. The van der Waals surface area contributed by atoms with Crippen LogP contribution in [0.1, 0.15) is 28.8 Å². The second kappa shape index (κ2) is 6.64. The number of nitrogens with one attached hydrogen (secondary N) is 1. The Bertz CT molecular complexity index is 591. The van der Waals surface area contributed by atoms with E-state index in [-0.39, 0.29) is 34.4 Å². The van der Waals surface area contributed by atoms with E-state index in [1.165, 1.54) is 13.8 Å². The molecular weight excluding hydrogens is 302 g/mol. The minimum Gasteiger partial charge on any atom is -0.478 e. The zero-order valence-corrected chi connectivity index (χ0v) is 13.5. The number of aromatic carboxylic acids is 1. The maximum absolute atomic E-state index is 12.3. The van der Waals surface area contributed by atoms with Gasteiger partial charge in [0.15, 0.2) is 0 Å². The van der Waals surface area contributed by atoms with Crippen LogP contribution in [0.2, 0.25) is 0 Å². The van der Waals surface area contributed by atoms with E-state index in [4.69, 9.17) is 9.52 Å². The monoisotopic (exact) mass is 321 g/mol. The number of rotatable bonds is 7. The normalized spacial score (nSPS) is 13.4.